The number of amides is 1. The number of nitrogens with one attached hydrogen (secondary N) is 1. The summed E-state index contributed by atoms with van der Waals surface area (Å²) < 4.78 is 11.1. The fourth-order valence-corrected chi connectivity index (χ4v) is 10.4. The van der Waals surface area contributed by atoms with Gasteiger partial charge in [0.1, 0.15) is 36.6 Å². The molecule has 0 spiro atoms. The molecular formula is C65H123NO10. The molecule has 1 aliphatic heterocycles. The van der Waals surface area contributed by atoms with Crippen molar-refractivity contribution in [2.75, 3.05) is 13.2 Å². The minimum Gasteiger partial charge on any atom is -0.394 e. The Morgan fingerprint density at radius 3 is 1.17 bits per heavy atom. The third-order valence-corrected chi connectivity index (χ3v) is 15.6. The number of hydrogen-bond acceptors (Lipinski definition) is 10. The van der Waals surface area contributed by atoms with E-state index in [4.69, 9.17) is 9.47 Å². The summed E-state index contributed by atoms with van der Waals surface area (Å²) in [5.74, 6) is -0.712. The second-order valence-corrected chi connectivity index (χ2v) is 22.8. The Kier molecular flexibility index (Phi) is 51.3. The molecule has 1 rings (SSSR count). The van der Waals surface area contributed by atoms with Crippen LogP contribution in [0.4, 0.5) is 0 Å². The maximum absolute atomic E-state index is 13.2. The summed E-state index contributed by atoms with van der Waals surface area (Å²) in [6.45, 7) is 3.47. The Morgan fingerprint density at radius 2 is 0.789 bits per heavy atom. The van der Waals surface area contributed by atoms with Crippen LogP contribution in [0.3, 0.4) is 0 Å². The van der Waals surface area contributed by atoms with Crippen LogP contribution in [-0.4, -0.2) is 110 Å². The highest BCUT2D eigenvalue weighted by Crippen LogP contribution is 2.23. The molecular weight excluding hydrogens is 955 g/mol. The van der Waals surface area contributed by atoms with Gasteiger partial charge in [-0.3, -0.25) is 4.79 Å². The quantitative estimate of drug-likeness (QED) is 0.0215. The molecule has 1 aliphatic rings. The number of unbranched alkanes of at least 4 members (excludes halogenated alkanes) is 38. The Labute approximate surface area is 467 Å². The van der Waals surface area contributed by atoms with Crippen molar-refractivity contribution in [1.29, 1.82) is 0 Å². The summed E-state index contributed by atoms with van der Waals surface area (Å²) in [5, 5.41) is 76.3. The van der Waals surface area contributed by atoms with E-state index in [2.05, 4.69) is 55.6 Å². The molecule has 11 nitrogen and oxygen atoms in total. The molecule has 11 heteroatoms. The Balaban J connectivity index is 2.27. The summed E-state index contributed by atoms with van der Waals surface area (Å²) in [4.78, 5) is 13.2. The van der Waals surface area contributed by atoms with Crippen LogP contribution >= 0.6 is 0 Å². The Hall–Kier alpha value is -1.67. The molecule has 9 unspecified atom stereocenters. The number of ether oxygens (including phenoxy) is 2. The SMILES string of the molecule is CCCCCCCCCCC/C=C\CCCCCCCCC(O)C(=O)NC(COC1OC(CO)C(O)C(O)C1O)C(O)C(O)CCC/C=C/CC/C=C/CCCCCCCCCCCCCCCCCCCCCCC. The molecule has 76 heavy (non-hydrogen) atoms. The number of rotatable bonds is 56. The van der Waals surface area contributed by atoms with Crippen LogP contribution in [0.25, 0.3) is 0 Å². The van der Waals surface area contributed by atoms with Gasteiger partial charge in [0.2, 0.25) is 5.91 Å². The number of carbonyl (C=O) groups is 1. The first-order valence-corrected chi connectivity index (χ1v) is 32.4. The van der Waals surface area contributed by atoms with E-state index in [0.717, 1.165) is 57.8 Å². The van der Waals surface area contributed by atoms with Crippen LogP contribution in [-0.2, 0) is 14.3 Å². The maximum atomic E-state index is 13.2. The van der Waals surface area contributed by atoms with Gasteiger partial charge in [0.05, 0.1) is 25.4 Å². The second-order valence-electron chi connectivity index (χ2n) is 22.8. The lowest BCUT2D eigenvalue weighted by Gasteiger charge is -2.40. The Bertz CT molecular complexity index is 1330. The average molecular weight is 1080 g/mol. The fraction of sp³-hybridized carbons (Fsp3) is 0.892. The van der Waals surface area contributed by atoms with E-state index >= 15 is 0 Å². The van der Waals surface area contributed by atoms with Crippen molar-refractivity contribution < 1.29 is 50.0 Å². The topological polar surface area (TPSA) is 189 Å². The molecule has 0 bridgehead atoms. The normalized spacial score (nSPS) is 19.8. The van der Waals surface area contributed by atoms with Crippen LogP contribution in [0.2, 0.25) is 0 Å². The van der Waals surface area contributed by atoms with E-state index in [1.807, 2.05) is 0 Å². The molecule has 0 saturated carbocycles. The van der Waals surface area contributed by atoms with Gasteiger partial charge in [0.15, 0.2) is 6.29 Å². The van der Waals surface area contributed by atoms with Gasteiger partial charge in [0.25, 0.3) is 0 Å². The minimum absolute atomic E-state index is 0.244. The van der Waals surface area contributed by atoms with Gasteiger partial charge in [-0.2, -0.15) is 0 Å². The van der Waals surface area contributed by atoms with Crippen molar-refractivity contribution >= 4 is 5.91 Å². The highest BCUT2D eigenvalue weighted by atomic mass is 16.7. The van der Waals surface area contributed by atoms with Gasteiger partial charge < -0.3 is 50.5 Å². The van der Waals surface area contributed by atoms with Crippen molar-refractivity contribution in [3.8, 4) is 0 Å². The molecule has 8 N–H and O–H groups in total. The van der Waals surface area contributed by atoms with E-state index in [0.29, 0.717) is 19.3 Å². The van der Waals surface area contributed by atoms with E-state index < -0.39 is 74.2 Å². The molecule has 0 aromatic heterocycles. The van der Waals surface area contributed by atoms with E-state index in [1.165, 1.54) is 199 Å². The van der Waals surface area contributed by atoms with Gasteiger partial charge >= 0.3 is 0 Å². The summed E-state index contributed by atoms with van der Waals surface area (Å²) in [5.41, 5.74) is 0. The lowest BCUT2D eigenvalue weighted by molar-refractivity contribution is -0.303. The van der Waals surface area contributed by atoms with Crippen molar-refractivity contribution in [3.05, 3.63) is 36.5 Å². The number of hydrogen-bond donors (Lipinski definition) is 8. The van der Waals surface area contributed by atoms with Crippen LogP contribution in [0.15, 0.2) is 36.5 Å². The Morgan fingerprint density at radius 1 is 0.447 bits per heavy atom. The van der Waals surface area contributed by atoms with E-state index in [-0.39, 0.29) is 12.8 Å². The lowest BCUT2D eigenvalue weighted by atomic mass is 9.98. The molecule has 448 valence electrons. The standard InChI is InChI=1S/C65H123NO10/c1-3-5-7-9-11-13-15-17-19-21-23-24-25-26-27-28-29-30-31-32-33-35-36-38-40-42-44-46-48-50-52-57(68)60(70)56(55-75-65-63(73)62(72)61(71)59(54-67)76-65)66-64(74)58(69)53-51-49-47-45-43-41-39-37-34-22-20-18-16-14-12-10-8-6-4-2/h34,36-38,44,46,56-63,65,67-73H,3-33,35,39-43,45,47-55H2,1-2H3,(H,66,74)/b37-34-,38-36+,46-44+. The van der Waals surface area contributed by atoms with E-state index in [9.17, 15) is 40.5 Å². The fourth-order valence-electron chi connectivity index (χ4n) is 10.4. The second kappa shape index (κ2) is 53.9. The average Bonchev–Trinajstić information content (AvgIpc) is 3.42. The zero-order valence-corrected chi connectivity index (χ0v) is 49.2. The third kappa shape index (κ3) is 41.4. The van der Waals surface area contributed by atoms with Crippen molar-refractivity contribution in [1.82, 2.24) is 5.32 Å². The number of aliphatic hydroxyl groups is 7. The first-order valence-electron chi connectivity index (χ1n) is 32.4. The van der Waals surface area contributed by atoms with Gasteiger partial charge in [-0.15, -0.1) is 0 Å². The third-order valence-electron chi connectivity index (χ3n) is 15.6. The molecule has 0 aromatic rings. The van der Waals surface area contributed by atoms with Crippen LogP contribution in [0, 0.1) is 0 Å². The van der Waals surface area contributed by atoms with Crippen molar-refractivity contribution in [2.45, 2.75) is 358 Å². The van der Waals surface area contributed by atoms with Gasteiger partial charge in [-0.05, 0) is 77.0 Å². The highest BCUT2D eigenvalue weighted by molar-refractivity contribution is 5.80. The van der Waals surface area contributed by atoms with Crippen LogP contribution in [0.1, 0.15) is 303 Å². The highest BCUT2D eigenvalue weighted by Gasteiger charge is 2.44. The molecule has 1 amide bonds. The summed E-state index contributed by atoms with van der Waals surface area (Å²) in [7, 11) is 0. The number of carbonyl (C=O) groups excluding carboxylic acids is 1. The smallest absolute Gasteiger partial charge is 0.249 e. The van der Waals surface area contributed by atoms with Crippen molar-refractivity contribution in [2.24, 2.45) is 0 Å². The minimum atomic E-state index is -1.67. The molecule has 0 aliphatic carbocycles. The van der Waals surface area contributed by atoms with Crippen LogP contribution < -0.4 is 5.32 Å². The monoisotopic (exact) mass is 1080 g/mol. The predicted octanol–water partition coefficient (Wildman–Crippen LogP) is 14.6. The summed E-state index contributed by atoms with van der Waals surface area (Å²) in [6.07, 6.45) is 56.5. The maximum Gasteiger partial charge on any atom is 0.249 e. The first-order chi connectivity index (χ1) is 37.2. The number of aliphatic hydroxyl groups excluding tert-OH is 7. The lowest BCUT2D eigenvalue weighted by Crippen LogP contribution is -2.60. The molecule has 9 atom stereocenters. The van der Waals surface area contributed by atoms with Gasteiger partial charge in [0, 0.05) is 0 Å². The molecule has 1 saturated heterocycles. The zero-order chi connectivity index (χ0) is 55.4. The van der Waals surface area contributed by atoms with Crippen molar-refractivity contribution in [3.63, 3.8) is 0 Å². The first kappa shape index (κ1) is 72.3. The summed E-state index contributed by atoms with van der Waals surface area (Å²) >= 11 is 0. The van der Waals surface area contributed by atoms with Gasteiger partial charge in [-0.25, -0.2) is 0 Å². The molecule has 0 aromatic carbocycles. The van der Waals surface area contributed by atoms with E-state index in [1.54, 1.807) is 0 Å². The number of allylic oxidation sites excluding steroid dienone is 6. The van der Waals surface area contributed by atoms with Gasteiger partial charge in [-0.1, -0.05) is 262 Å². The zero-order valence-electron chi connectivity index (χ0n) is 49.2. The molecule has 0 radical (unpaired) electrons. The largest absolute Gasteiger partial charge is 0.394 e. The summed E-state index contributed by atoms with van der Waals surface area (Å²) in [6, 6.07) is -1.19. The molecule has 1 heterocycles. The predicted molar refractivity (Wildman–Crippen MR) is 316 cm³/mol. The molecule has 1 fully saturated rings. The van der Waals surface area contributed by atoms with Crippen LogP contribution in [0.5, 0.6) is 0 Å².